The zero-order valence-corrected chi connectivity index (χ0v) is 9.28. The molecule has 0 aliphatic carbocycles. The van der Waals surface area contributed by atoms with Crippen LogP contribution >= 0.6 is 0 Å². The number of hydrogen-bond donors (Lipinski definition) is 1. The van der Waals surface area contributed by atoms with Crippen LogP contribution in [0.25, 0.3) is 11.0 Å². The Morgan fingerprint density at radius 3 is 2.80 bits per heavy atom. The molecule has 0 saturated heterocycles. The first-order valence-electron chi connectivity index (χ1n) is 5.19. The highest BCUT2D eigenvalue weighted by molar-refractivity contribution is 5.89. The molecule has 2 aromatic heterocycles. The Labute approximate surface area is 88.5 Å². The topological polar surface area (TPSA) is 55.6 Å². The number of nitrogens with one attached hydrogen (secondary N) is 1. The van der Waals surface area contributed by atoms with Gasteiger partial charge in [0.1, 0.15) is 12.1 Å². The third kappa shape index (κ3) is 1.54. The average Bonchev–Trinajstić information content (AvgIpc) is 2.57. The first-order chi connectivity index (χ1) is 7.27. The number of aromatic nitrogens is 4. The van der Waals surface area contributed by atoms with Gasteiger partial charge >= 0.3 is 0 Å². The maximum absolute atomic E-state index is 4.43. The minimum Gasteiger partial charge on any atom is -0.370 e. The molecule has 0 aromatic carbocycles. The number of hydrogen-bond acceptors (Lipinski definition) is 4. The molecule has 2 aromatic rings. The lowest BCUT2D eigenvalue weighted by Crippen LogP contribution is -2.01. The van der Waals surface area contributed by atoms with E-state index in [-0.39, 0.29) is 0 Å². The van der Waals surface area contributed by atoms with Crippen LogP contribution in [0.2, 0.25) is 0 Å². The molecule has 0 aliphatic rings. The van der Waals surface area contributed by atoms with E-state index in [1.807, 2.05) is 18.5 Å². The molecular weight excluding hydrogens is 190 g/mol. The highest BCUT2D eigenvalue weighted by atomic mass is 15.3. The zero-order chi connectivity index (χ0) is 10.8. The lowest BCUT2D eigenvalue weighted by Gasteiger charge is -2.03. The van der Waals surface area contributed by atoms with E-state index in [0.29, 0.717) is 0 Å². The van der Waals surface area contributed by atoms with Gasteiger partial charge in [0.25, 0.3) is 0 Å². The first-order valence-corrected chi connectivity index (χ1v) is 5.19. The van der Waals surface area contributed by atoms with Crippen LogP contribution < -0.4 is 5.32 Å². The molecule has 0 radical (unpaired) electrons. The third-order valence-electron chi connectivity index (χ3n) is 2.35. The smallest absolute Gasteiger partial charge is 0.163 e. The first kappa shape index (κ1) is 9.89. The molecule has 0 amide bonds. The Morgan fingerprint density at radius 1 is 1.33 bits per heavy atom. The summed E-state index contributed by atoms with van der Waals surface area (Å²) in [4.78, 5) is 8.49. The van der Waals surface area contributed by atoms with Crippen molar-refractivity contribution in [2.24, 2.45) is 0 Å². The molecule has 15 heavy (non-hydrogen) atoms. The molecule has 0 atom stereocenters. The van der Waals surface area contributed by atoms with Gasteiger partial charge in [-0.1, -0.05) is 0 Å². The van der Waals surface area contributed by atoms with Crippen molar-refractivity contribution >= 4 is 16.9 Å². The minimum absolute atomic E-state index is 0.826. The highest BCUT2D eigenvalue weighted by Crippen LogP contribution is 2.22. The maximum atomic E-state index is 4.43. The SMILES string of the molecule is CCNc1ncnc2c1c(C)nn2CC. The van der Waals surface area contributed by atoms with Crippen molar-refractivity contribution < 1.29 is 0 Å². The zero-order valence-electron chi connectivity index (χ0n) is 9.28. The minimum atomic E-state index is 0.826. The van der Waals surface area contributed by atoms with Crippen molar-refractivity contribution in [2.45, 2.75) is 27.3 Å². The number of anilines is 1. The van der Waals surface area contributed by atoms with E-state index in [2.05, 4.69) is 27.3 Å². The van der Waals surface area contributed by atoms with Gasteiger partial charge in [0.05, 0.1) is 11.1 Å². The summed E-state index contributed by atoms with van der Waals surface area (Å²) in [6.45, 7) is 7.77. The summed E-state index contributed by atoms with van der Waals surface area (Å²) in [5.74, 6) is 0.875. The molecule has 0 saturated carbocycles. The summed E-state index contributed by atoms with van der Waals surface area (Å²) in [5.41, 5.74) is 1.88. The second-order valence-corrected chi connectivity index (χ2v) is 3.35. The van der Waals surface area contributed by atoms with Crippen LogP contribution in [0.4, 0.5) is 5.82 Å². The maximum Gasteiger partial charge on any atom is 0.163 e. The third-order valence-corrected chi connectivity index (χ3v) is 2.35. The van der Waals surface area contributed by atoms with Crippen molar-refractivity contribution in [2.75, 3.05) is 11.9 Å². The van der Waals surface area contributed by atoms with Gasteiger partial charge in [0.2, 0.25) is 0 Å². The molecule has 2 rings (SSSR count). The van der Waals surface area contributed by atoms with Crippen molar-refractivity contribution in [3.05, 3.63) is 12.0 Å². The molecule has 1 N–H and O–H groups in total. The Balaban J connectivity index is 2.68. The van der Waals surface area contributed by atoms with Gasteiger partial charge in [-0.05, 0) is 20.8 Å². The number of fused-ring (bicyclic) bond motifs is 1. The predicted molar refractivity (Wildman–Crippen MR) is 59.9 cm³/mol. The summed E-state index contributed by atoms with van der Waals surface area (Å²) >= 11 is 0. The fourth-order valence-electron chi connectivity index (χ4n) is 1.71. The number of aryl methyl sites for hydroxylation is 2. The van der Waals surface area contributed by atoms with E-state index >= 15 is 0 Å². The lowest BCUT2D eigenvalue weighted by molar-refractivity contribution is 0.669. The Hall–Kier alpha value is -1.65. The van der Waals surface area contributed by atoms with Crippen LogP contribution in [-0.4, -0.2) is 26.3 Å². The largest absolute Gasteiger partial charge is 0.370 e. The van der Waals surface area contributed by atoms with E-state index in [1.54, 1.807) is 6.33 Å². The fraction of sp³-hybridized carbons (Fsp3) is 0.500. The van der Waals surface area contributed by atoms with Crippen LogP contribution in [0.5, 0.6) is 0 Å². The van der Waals surface area contributed by atoms with Gasteiger partial charge in [-0.25, -0.2) is 14.6 Å². The molecule has 0 fully saturated rings. The van der Waals surface area contributed by atoms with E-state index < -0.39 is 0 Å². The molecule has 0 spiro atoms. The molecule has 0 unspecified atom stereocenters. The number of nitrogens with zero attached hydrogens (tertiary/aromatic N) is 4. The van der Waals surface area contributed by atoms with Crippen molar-refractivity contribution in [1.82, 2.24) is 19.7 Å². The van der Waals surface area contributed by atoms with Crippen LogP contribution in [0.1, 0.15) is 19.5 Å². The van der Waals surface area contributed by atoms with E-state index in [9.17, 15) is 0 Å². The van der Waals surface area contributed by atoms with E-state index in [4.69, 9.17) is 0 Å². The molecule has 0 aliphatic heterocycles. The van der Waals surface area contributed by atoms with Crippen molar-refractivity contribution in [1.29, 1.82) is 0 Å². The molecule has 80 valence electrons. The van der Waals surface area contributed by atoms with Crippen molar-refractivity contribution in [3.63, 3.8) is 0 Å². The standard InChI is InChI=1S/C10H15N5/c1-4-11-9-8-7(3)14-15(5-2)10(8)13-6-12-9/h6H,4-5H2,1-3H3,(H,11,12,13). The molecular formula is C10H15N5. The molecule has 5 nitrogen and oxygen atoms in total. The summed E-state index contributed by atoms with van der Waals surface area (Å²) in [7, 11) is 0. The van der Waals surface area contributed by atoms with Gasteiger partial charge in [0.15, 0.2) is 5.65 Å². The quantitative estimate of drug-likeness (QED) is 0.826. The predicted octanol–water partition coefficient (Wildman–Crippen LogP) is 1.59. The Kier molecular flexibility index (Phi) is 2.53. The normalized spacial score (nSPS) is 10.9. The summed E-state index contributed by atoms with van der Waals surface area (Å²) in [6, 6.07) is 0. The van der Waals surface area contributed by atoms with E-state index in [0.717, 1.165) is 35.6 Å². The summed E-state index contributed by atoms with van der Waals surface area (Å²) in [5, 5.41) is 8.68. The molecule has 0 bridgehead atoms. The van der Waals surface area contributed by atoms with Gasteiger partial charge < -0.3 is 5.32 Å². The Bertz CT molecular complexity index is 474. The van der Waals surface area contributed by atoms with Gasteiger partial charge in [-0.2, -0.15) is 5.10 Å². The molecule has 2 heterocycles. The number of rotatable bonds is 3. The summed E-state index contributed by atoms with van der Waals surface area (Å²) in [6.07, 6.45) is 1.58. The van der Waals surface area contributed by atoms with Crippen LogP contribution in [0.15, 0.2) is 6.33 Å². The van der Waals surface area contributed by atoms with Crippen molar-refractivity contribution in [3.8, 4) is 0 Å². The fourth-order valence-corrected chi connectivity index (χ4v) is 1.71. The van der Waals surface area contributed by atoms with Crippen LogP contribution in [-0.2, 0) is 6.54 Å². The highest BCUT2D eigenvalue weighted by Gasteiger charge is 2.11. The second kappa shape index (κ2) is 3.84. The van der Waals surface area contributed by atoms with E-state index in [1.165, 1.54) is 0 Å². The van der Waals surface area contributed by atoms with Crippen LogP contribution in [0, 0.1) is 6.92 Å². The Morgan fingerprint density at radius 2 is 2.13 bits per heavy atom. The monoisotopic (exact) mass is 205 g/mol. The van der Waals surface area contributed by atoms with Gasteiger partial charge in [-0.15, -0.1) is 0 Å². The second-order valence-electron chi connectivity index (χ2n) is 3.35. The van der Waals surface area contributed by atoms with Gasteiger partial charge in [0, 0.05) is 13.1 Å². The molecule has 5 heteroatoms. The summed E-state index contributed by atoms with van der Waals surface area (Å²) < 4.78 is 1.90. The van der Waals surface area contributed by atoms with Crippen LogP contribution in [0.3, 0.4) is 0 Å². The average molecular weight is 205 g/mol. The lowest BCUT2D eigenvalue weighted by atomic mass is 10.3. The van der Waals surface area contributed by atoms with Gasteiger partial charge in [-0.3, -0.25) is 0 Å².